The van der Waals surface area contributed by atoms with Gasteiger partial charge in [0.2, 0.25) is 0 Å². The number of benzene rings is 1. The zero-order valence-electron chi connectivity index (χ0n) is 16.6. The predicted molar refractivity (Wildman–Crippen MR) is 113 cm³/mol. The molecular formula is C22H28O6. The molecule has 0 radical (unpaired) electrons. The minimum Gasteiger partial charge on any atom is -0.478 e. The number of carbonyl (C=O) groups is 3. The summed E-state index contributed by atoms with van der Waals surface area (Å²) in [6, 6.07) is 8.02. The summed E-state index contributed by atoms with van der Waals surface area (Å²) in [4.78, 5) is 28.9. The Morgan fingerprint density at radius 2 is 1.11 bits per heavy atom. The smallest absolute Gasteiger partial charge is 0.330 e. The van der Waals surface area contributed by atoms with Crippen LogP contribution in [-0.2, 0) is 19.1 Å². The van der Waals surface area contributed by atoms with E-state index in [1.54, 1.807) is 0 Å². The normalized spacial score (nSPS) is 7.82. The van der Waals surface area contributed by atoms with Gasteiger partial charge in [0.1, 0.15) is 0 Å². The Kier molecular flexibility index (Phi) is 18.8. The van der Waals surface area contributed by atoms with E-state index in [2.05, 4.69) is 37.6 Å². The van der Waals surface area contributed by atoms with Crippen molar-refractivity contribution in [3.05, 3.63) is 85.7 Å². The van der Waals surface area contributed by atoms with Crippen molar-refractivity contribution in [2.45, 2.75) is 20.8 Å². The average molecular weight is 388 g/mol. The van der Waals surface area contributed by atoms with E-state index in [1.165, 1.54) is 20.8 Å². The van der Waals surface area contributed by atoms with Crippen LogP contribution in [0.2, 0.25) is 0 Å². The molecule has 1 rings (SSSR count). The Hall–Kier alpha value is -3.67. The number of aliphatic carboxylic acids is 2. The summed E-state index contributed by atoms with van der Waals surface area (Å²) in [7, 11) is 0. The van der Waals surface area contributed by atoms with Crippen LogP contribution < -0.4 is 0 Å². The SMILES string of the molecule is C=C(C)C(=O)O.C=C(C)C(=O)O.C=COC(C)=O.C=Cc1ccccc1C=C. The summed E-state index contributed by atoms with van der Waals surface area (Å²) in [5.41, 5.74) is 2.63. The summed E-state index contributed by atoms with van der Waals surface area (Å²) >= 11 is 0. The van der Waals surface area contributed by atoms with E-state index in [4.69, 9.17) is 10.2 Å². The van der Waals surface area contributed by atoms with Crippen molar-refractivity contribution in [2.24, 2.45) is 0 Å². The van der Waals surface area contributed by atoms with Gasteiger partial charge in [-0.15, -0.1) is 0 Å². The molecule has 28 heavy (non-hydrogen) atoms. The van der Waals surface area contributed by atoms with Crippen molar-refractivity contribution >= 4 is 30.1 Å². The first-order valence-corrected chi connectivity index (χ1v) is 7.84. The largest absolute Gasteiger partial charge is 0.478 e. The van der Waals surface area contributed by atoms with Gasteiger partial charge in [-0.3, -0.25) is 4.79 Å². The van der Waals surface area contributed by atoms with Gasteiger partial charge in [0.25, 0.3) is 0 Å². The summed E-state index contributed by atoms with van der Waals surface area (Å²) in [5.74, 6) is -2.20. The summed E-state index contributed by atoms with van der Waals surface area (Å²) in [6.45, 7) is 21.1. The summed E-state index contributed by atoms with van der Waals surface area (Å²) < 4.78 is 4.17. The Morgan fingerprint density at radius 1 is 0.821 bits per heavy atom. The minimum absolute atomic E-state index is 0.176. The number of carboxylic acid groups (broad SMARTS) is 2. The van der Waals surface area contributed by atoms with Crippen LogP contribution in [0.4, 0.5) is 0 Å². The van der Waals surface area contributed by atoms with E-state index >= 15 is 0 Å². The molecule has 0 aromatic heterocycles. The molecule has 0 aliphatic heterocycles. The van der Waals surface area contributed by atoms with Crippen LogP contribution in [0.25, 0.3) is 12.2 Å². The third-order valence-corrected chi connectivity index (χ3v) is 2.42. The molecule has 0 aliphatic carbocycles. The lowest BCUT2D eigenvalue weighted by Crippen LogP contribution is -1.92. The Labute approximate surface area is 166 Å². The van der Waals surface area contributed by atoms with Crippen LogP contribution >= 0.6 is 0 Å². The first-order chi connectivity index (χ1) is 12.9. The molecule has 152 valence electrons. The van der Waals surface area contributed by atoms with E-state index < -0.39 is 11.9 Å². The molecule has 0 spiro atoms. The number of ether oxygens (including phenoxy) is 1. The predicted octanol–water partition coefficient (Wildman–Crippen LogP) is 4.96. The highest BCUT2D eigenvalue weighted by atomic mass is 16.5. The number of esters is 1. The van der Waals surface area contributed by atoms with E-state index in [0.717, 1.165) is 17.4 Å². The van der Waals surface area contributed by atoms with E-state index in [0.29, 0.717) is 0 Å². The first kappa shape index (κ1) is 29.1. The van der Waals surface area contributed by atoms with Gasteiger partial charge in [0.15, 0.2) is 0 Å². The molecule has 0 unspecified atom stereocenters. The van der Waals surface area contributed by atoms with Crippen molar-refractivity contribution in [2.75, 3.05) is 0 Å². The number of rotatable bonds is 5. The van der Waals surface area contributed by atoms with Gasteiger partial charge in [0, 0.05) is 18.1 Å². The molecule has 0 aliphatic rings. The van der Waals surface area contributed by atoms with Crippen molar-refractivity contribution < 1.29 is 29.3 Å². The van der Waals surface area contributed by atoms with Gasteiger partial charge in [-0.05, 0) is 25.0 Å². The monoisotopic (exact) mass is 388 g/mol. The van der Waals surface area contributed by atoms with Gasteiger partial charge < -0.3 is 14.9 Å². The second-order valence-electron chi connectivity index (χ2n) is 4.98. The maximum absolute atomic E-state index is 9.75. The lowest BCUT2D eigenvalue weighted by Gasteiger charge is -1.96. The second kappa shape index (κ2) is 18.1. The summed E-state index contributed by atoms with van der Waals surface area (Å²) in [5, 5.41) is 15.8. The van der Waals surface area contributed by atoms with Gasteiger partial charge in [-0.1, -0.05) is 69.3 Å². The van der Waals surface area contributed by atoms with Crippen LogP contribution in [0.3, 0.4) is 0 Å². The van der Waals surface area contributed by atoms with Gasteiger partial charge in [0.05, 0.1) is 6.26 Å². The fraction of sp³-hybridized carbons (Fsp3) is 0.136. The van der Waals surface area contributed by atoms with Crippen molar-refractivity contribution in [1.82, 2.24) is 0 Å². The van der Waals surface area contributed by atoms with Crippen LogP contribution in [-0.4, -0.2) is 28.1 Å². The van der Waals surface area contributed by atoms with Crippen LogP contribution in [0, 0.1) is 0 Å². The standard InChI is InChI=1S/C10H10.3C4H6O2/c1-3-9-7-5-6-8-10(9)4-2;1-3-6-4(2)5;2*1-3(2)4(5)6/h3-8H,1-2H2;3H,1H2,2H3;2*1H2,2H3,(H,5,6). The van der Waals surface area contributed by atoms with Crippen LogP contribution in [0.15, 0.2) is 74.6 Å². The number of hydrogen-bond acceptors (Lipinski definition) is 4. The Morgan fingerprint density at radius 3 is 1.21 bits per heavy atom. The highest BCUT2D eigenvalue weighted by Gasteiger charge is 1.91. The lowest BCUT2D eigenvalue weighted by molar-refractivity contribution is -0.135. The molecule has 0 fully saturated rings. The highest BCUT2D eigenvalue weighted by Crippen LogP contribution is 2.10. The Balaban J connectivity index is -0.000000309. The molecule has 6 nitrogen and oxygen atoms in total. The quantitative estimate of drug-likeness (QED) is 0.420. The van der Waals surface area contributed by atoms with Crippen molar-refractivity contribution in [3.63, 3.8) is 0 Å². The molecular weight excluding hydrogens is 360 g/mol. The van der Waals surface area contributed by atoms with E-state index in [9.17, 15) is 14.4 Å². The number of hydrogen-bond donors (Lipinski definition) is 2. The average Bonchev–Trinajstić information content (AvgIpc) is 2.62. The zero-order valence-corrected chi connectivity index (χ0v) is 16.6. The summed E-state index contributed by atoms with van der Waals surface area (Å²) in [6.07, 6.45) is 4.76. The van der Waals surface area contributed by atoms with Gasteiger partial charge >= 0.3 is 17.9 Å². The first-order valence-electron chi connectivity index (χ1n) is 7.84. The number of carbonyl (C=O) groups excluding carboxylic acids is 1. The zero-order chi connectivity index (χ0) is 22.7. The molecule has 1 aromatic carbocycles. The minimum atomic E-state index is -0.935. The molecule has 2 N–H and O–H groups in total. The maximum Gasteiger partial charge on any atom is 0.330 e. The Bertz CT molecular complexity index is 638. The maximum atomic E-state index is 9.75. The van der Waals surface area contributed by atoms with Crippen LogP contribution in [0.5, 0.6) is 0 Å². The number of carboxylic acids is 2. The second-order valence-corrected chi connectivity index (χ2v) is 4.98. The molecule has 6 heteroatoms. The van der Waals surface area contributed by atoms with Crippen molar-refractivity contribution in [1.29, 1.82) is 0 Å². The van der Waals surface area contributed by atoms with Gasteiger partial charge in [-0.25, -0.2) is 9.59 Å². The fourth-order valence-electron chi connectivity index (χ4n) is 1.00. The lowest BCUT2D eigenvalue weighted by atomic mass is 10.1. The van der Waals surface area contributed by atoms with Crippen molar-refractivity contribution in [3.8, 4) is 0 Å². The van der Waals surface area contributed by atoms with Gasteiger partial charge in [-0.2, -0.15) is 0 Å². The molecule has 0 amide bonds. The van der Waals surface area contributed by atoms with E-state index in [-0.39, 0.29) is 17.1 Å². The molecule has 0 bridgehead atoms. The molecule has 1 aromatic rings. The topological polar surface area (TPSA) is 101 Å². The molecule has 0 atom stereocenters. The third-order valence-electron chi connectivity index (χ3n) is 2.42. The molecule has 0 heterocycles. The van der Waals surface area contributed by atoms with Crippen LogP contribution in [0.1, 0.15) is 31.9 Å². The van der Waals surface area contributed by atoms with E-state index in [1.807, 2.05) is 36.4 Å². The highest BCUT2D eigenvalue weighted by molar-refractivity contribution is 5.85. The third kappa shape index (κ3) is 20.4. The molecule has 0 saturated heterocycles. The molecule has 0 saturated carbocycles. The fourth-order valence-corrected chi connectivity index (χ4v) is 1.00.